The SMILES string of the molecule is O=C(NCC1CCC(c2nnc(-c3cccnc3)o2)CC1)c1cccnc1. The molecule has 7 heteroatoms. The van der Waals surface area contributed by atoms with E-state index >= 15 is 0 Å². The van der Waals surface area contributed by atoms with Gasteiger partial charge < -0.3 is 9.73 Å². The Hall–Kier alpha value is -3.09. The van der Waals surface area contributed by atoms with Crippen molar-refractivity contribution < 1.29 is 9.21 Å². The van der Waals surface area contributed by atoms with Crippen LogP contribution in [0.3, 0.4) is 0 Å². The first-order chi connectivity index (χ1) is 13.3. The molecule has 0 saturated heterocycles. The lowest BCUT2D eigenvalue weighted by molar-refractivity contribution is 0.0942. The van der Waals surface area contributed by atoms with Gasteiger partial charge in [-0.15, -0.1) is 10.2 Å². The second-order valence-electron chi connectivity index (χ2n) is 6.86. The fourth-order valence-corrected chi connectivity index (χ4v) is 3.46. The fraction of sp³-hybridized carbons (Fsp3) is 0.350. The minimum absolute atomic E-state index is 0.0664. The van der Waals surface area contributed by atoms with Crippen LogP contribution >= 0.6 is 0 Å². The maximum Gasteiger partial charge on any atom is 0.252 e. The maximum absolute atomic E-state index is 12.1. The third-order valence-corrected chi connectivity index (χ3v) is 5.02. The molecule has 1 aliphatic carbocycles. The molecule has 0 unspecified atom stereocenters. The predicted molar refractivity (Wildman–Crippen MR) is 98.8 cm³/mol. The zero-order valence-electron chi connectivity index (χ0n) is 14.9. The lowest BCUT2D eigenvalue weighted by atomic mass is 9.82. The summed E-state index contributed by atoms with van der Waals surface area (Å²) >= 11 is 0. The topological polar surface area (TPSA) is 93.8 Å². The van der Waals surface area contributed by atoms with Gasteiger partial charge in [-0.1, -0.05) is 0 Å². The van der Waals surface area contributed by atoms with Gasteiger partial charge in [0.05, 0.1) is 11.1 Å². The van der Waals surface area contributed by atoms with Crippen molar-refractivity contribution in [2.75, 3.05) is 6.54 Å². The van der Waals surface area contributed by atoms with E-state index in [1.165, 1.54) is 0 Å². The minimum Gasteiger partial charge on any atom is -0.420 e. The Balaban J connectivity index is 1.28. The van der Waals surface area contributed by atoms with Gasteiger partial charge in [-0.05, 0) is 55.9 Å². The number of nitrogens with one attached hydrogen (secondary N) is 1. The molecule has 1 fully saturated rings. The van der Waals surface area contributed by atoms with Crippen LogP contribution in [-0.4, -0.2) is 32.6 Å². The van der Waals surface area contributed by atoms with Gasteiger partial charge in [-0.25, -0.2) is 0 Å². The number of amides is 1. The van der Waals surface area contributed by atoms with E-state index in [9.17, 15) is 4.79 Å². The van der Waals surface area contributed by atoms with Gasteiger partial charge in [0.2, 0.25) is 11.8 Å². The summed E-state index contributed by atoms with van der Waals surface area (Å²) in [4.78, 5) is 20.2. The highest BCUT2D eigenvalue weighted by atomic mass is 16.4. The lowest BCUT2D eigenvalue weighted by Crippen LogP contribution is -2.31. The van der Waals surface area contributed by atoms with Crippen molar-refractivity contribution >= 4 is 5.91 Å². The Morgan fingerprint density at radius 1 is 1.04 bits per heavy atom. The standard InChI is InChI=1S/C20H21N5O2/c26-18(16-3-1-9-21-12-16)23-11-14-5-7-15(8-6-14)19-24-25-20(27-19)17-4-2-10-22-13-17/h1-4,9-10,12-15H,5-8,11H2,(H,23,26). The van der Waals surface area contributed by atoms with Crippen LogP contribution in [0.15, 0.2) is 53.5 Å². The lowest BCUT2D eigenvalue weighted by Gasteiger charge is -2.26. The molecule has 1 saturated carbocycles. The molecule has 1 N–H and O–H groups in total. The third-order valence-electron chi connectivity index (χ3n) is 5.02. The van der Waals surface area contributed by atoms with E-state index in [-0.39, 0.29) is 11.8 Å². The summed E-state index contributed by atoms with van der Waals surface area (Å²) < 4.78 is 5.86. The van der Waals surface area contributed by atoms with Crippen LogP contribution in [0.25, 0.3) is 11.5 Å². The van der Waals surface area contributed by atoms with Crippen molar-refractivity contribution in [3.05, 3.63) is 60.5 Å². The quantitative estimate of drug-likeness (QED) is 0.748. The number of nitrogens with zero attached hydrogens (tertiary/aromatic N) is 4. The van der Waals surface area contributed by atoms with E-state index in [4.69, 9.17) is 4.42 Å². The number of rotatable bonds is 5. The number of aromatic nitrogens is 4. The molecule has 1 aliphatic rings. The highest BCUT2D eigenvalue weighted by Crippen LogP contribution is 2.35. The second-order valence-corrected chi connectivity index (χ2v) is 6.86. The van der Waals surface area contributed by atoms with E-state index in [1.807, 2.05) is 12.1 Å². The molecule has 0 atom stereocenters. The molecule has 0 radical (unpaired) electrons. The summed E-state index contributed by atoms with van der Waals surface area (Å²) in [6.07, 6.45) is 10.7. The van der Waals surface area contributed by atoms with Crippen LogP contribution in [0.4, 0.5) is 0 Å². The average Bonchev–Trinajstić information content (AvgIpc) is 3.24. The minimum atomic E-state index is -0.0664. The number of pyridine rings is 2. The molecule has 3 aromatic rings. The van der Waals surface area contributed by atoms with Crippen LogP contribution in [0.2, 0.25) is 0 Å². The summed E-state index contributed by atoms with van der Waals surface area (Å²) in [5.74, 6) is 1.91. The van der Waals surface area contributed by atoms with Crippen molar-refractivity contribution in [1.82, 2.24) is 25.5 Å². The normalized spacial score (nSPS) is 19.6. The maximum atomic E-state index is 12.1. The molecule has 7 nitrogen and oxygen atoms in total. The third kappa shape index (κ3) is 4.19. The van der Waals surface area contributed by atoms with Crippen LogP contribution in [0.5, 0.6) is 0 Å². The number of carbonyl (C=O) groups excluding carboxylic acids is 1. The van der Waals surface area contributed by atoms with Gasteiger partial charge in [0.25, 0.3) is 5.91 Å². The highest BCUT2D eigenvalue weighted by molar-refractivity contribution is 5.93. The van der Waals surface area contributed by atoms with E-state index < -0.39 is 0 Å². The molecule has 0 aromatic carbocycles. The Labute approximate surface area is 157 Å². The zero-order valence-corrected chi connectivity index (χ0v) is 14.9. The first-order valence-electron chi connectivity index (χ1n) is 9.21. The molecule has 3 aromatic heterocycles. The largest absolute Gasteiger partial charge is 0.420 e. The van der Waals surface area contributed by atoms with Gasteiger partial charge in [0, 0.05) is 37.3 Å². The van der Waals surface area contributed by atoms with Gasteiger partial charge in [0.1, 0.15) is 0 Å². The Kier molecular flexibility index (Phi) is 5.18. The Bertz CT molecular complexity index is 874. The van der Waals surface area contributed by atoms with E-state index in [1.54, 1.807) is 36.9 Å². The van der Waals surface area contributed by atoms with Crippen molar-refractivity contribution in [3.8, 4) is 11.5 Å². The van der Waals surface area contributed by atoms with Crippen LogP contribution < -0.4 is 5.32 Å². The Morgan fingerprint density at radius 2 is 1.81 bits per heavy atom. The zero-order chi connectivity index (χ0) is 18.5. The number of carbonyl (C=O) groups is 1. The summed E-state index contributed by atoms with van der Waals surface area (Å²) in [5, 5.41) is 11.4. The van der Waals surface area contributed by atoms with E-state index in [2.05, 4.69) is 25.5 Å². The molecule has 27 heavy (non-hydrogen) atoms. The molecule has 138 valence electrons. The smallest absolute Gasteiger partial charge is 0.252 e. The van der Waals surface area contributed by atoms with Crippen LogP contribution in [-0.2, 0) is 0 Å². The molecular formula is C20H21N5O2. The first kappa shape index (κ1) is 17.3. The molecule has 0 aliphatic heterocycles. The van der Waals surface area contributed by atoms with Crippen LogP contribution in [0.1, 0.15) is 47.8 Å². The predicted octanol–water partition coefficient (Wildman–Crippen LogP) is 3.23. The van der Waals surface area contributed by atoms with E-state index in [0.29, 0.717) is 29.8 Å². The summed E-state index contributed by atoms with van der Waals surface area (Å²) in [6, 6.07) is 7.30. The van der Waals surface area contributed by atoms with Crippen LogP contribution in [0, 0.1) is 5.92 Å². The monoisotopic (exact) mass is 363 g/mol. The fourth-order valence-electron chi connectivity index (χ4n) is 3.46. The van der Waals surface area contributed by atoms with Crippen molar-refractivity contribution in [2.24, 2.45) is 5.92 Å². The molecular weight excluding hydrogens is 342 g/mol. The number of hydrogen-bond acceptors (Lipinski definition) is 6. The molecule has 0 spiro atoms. The van der Waals surface area contributed by atoms with Gasteiger partial charge in [-0.3, -0.25) is 14.8 Å². The second kappa shape index (κ2) is 8.07. The first-order valence-corrected chi connectivity index (χ1v) is 9.21. The summed E-state index contributed by atoms with van der Waals surface area (Å²) in [5.41, 5.74) is 1.43. The molecule has 0 bridgehead atoms. The Morgan fingerprint density at radius 3 is 2.52 bits per heavy atom. The van der Waals surface area contributed by atoms with Crippen molar-refractivity contribution in [1.29, 1.82) is 0 Å². The van der Waals surface area contributed by atoms with Gasteiger partial charge >= 0.3 is 0 Å². The van der Waals surface area contributed by atoms with E-state index in [0.717, 1.165) is 31.2 Å². The molecule has 3 heterocycles. The van der Waals surface area contributed by atoms with Crippen molar-refractivity contribution in [3.63, 3.8) is 0 Å². The molecule has 1 amide bonds. The van der Waals surface area contributed by atoms with Gasteiger partial charge in [-0.2, -0.15) is 0 Å². The molecule has 4 rings (SSSR count). The average molecular weight is 363 g/mol. The highest BCUT2D eigenvalue weighted by Gasteiger charge is 2.26. The number of hydrogen-bond donors (Lipinski definition) is 1. The van der Waals surface area contributed by atoms with Crippen molar-refractivity contribution in [2.45, 2.75) is 31.6 Å². The summed E-state index contributed by atoms with van der Waals surface area (Å²) in [7, 11) is 0. The summed E-state index contributed by atoms with van der Waals surface area (Å²) in [6.45, 7) is 0.686. The van der Waals surface area contributed by atoms with Gasteiger partial charge in [0.15, 0.2) is 0 Å².